The Morgan fingerprint density at radius 2 is 1.92 bits per heavy atom. The number of nitrogens with zero attached hydrogens (tertiary/aromatic N) is 2. The number of ketones is 1. The fourth-order valence-corrected chi connectivity index (χ4v) is 5.12. The number of halogens is 1. The van der Waals surface area contributed by atoms with E-state index in [1.807, 2.05) is 30.5 Å². The molecule has 0 radical (unpaired) electrons. The predicted octanol–water partition coefficient (Wildman–Crippen LogP) is 6.65. The summed E-state index contributed by atoms with van der Waals surface area (Å²) < 4.78 is 0. The summed E-state index contributed by atoms with van der Waals surface area (Å²) in [6.07, 6.45) is 9.02. The van der Waals surface area contributed by atoms with Gasteiger partial charge in [-0.3, -0.25) is 9.59 Å². The van der Waals surface area contributed by atoms with Crippen LogP contribution in [0.25, 0.3) is 22.2 Å². The Kier molecular flexibility index (Phi) is 7.32. The molecule has 1 amide bonds. The highest BCUT2D eigenvalue weighted by atomic mass is 35.5. The maximum Gasteiger partial charge on any atom is 0.247 e. The number of anilines is 2. The Hall–Kier alpha value is -3.97. The van der Waals surface area contributed by atoms with Gasteiger partial charge in [-0.2, -0.15) is 0 Å². The van der Waals surface area contributed by atoms with Crippen LogP contribution < -0.4 is 10.6 Å². The number of rotatable bonds is 8. The lowest BCUT2D eigenvalue weighted by Gasteiger charge is -2.29. The van der Waals surface area contributed by atoms with Crippen molar-refractivity contribution in [2.75, 3.05) is 10.6 Å². The van der Waals surface area contributed by atoms with Crippen molar-refractivity contribution in [3.05, 3.63) is 84.2 Å². The van der Waals surface area contributed by atoms with Crippen molar-refractivity contribution in [1.29, 1.82) is 0 Å². The lowest BCUT2D eigenvalue weighted by molar-refractivity contribution is -0.111. The monoisotopic (exact) mass is 513 g/mol. The van der Waals surface area contributed by atoms with Gasteiger partial charge in [-0.25, -0.2) is 9.97 Å². The van der Waals surface area contributed by atoms with Gasteiger partial charge < -0.3 is 15.6 Å². The molecular formula is C29H28ClN5O2. The molecule has 4 aromatic rings. The fourth-order valence-electron chi connectivity index (χ4n) is 4.93. The molecule has 0 spiro atoms. The standard InChI is InChI=1S/C29H28ClN5O2/c1-2-27(37)33-21-7-5-6-19(15-21)26(36)14-18-10-12-20(13-11-18)34-29-32-17-24(30)28(35-29)23-16-31-25-9-4-3-8-22(23)25/h2-9,15-18,20,31H,1,10-14H2,(H,33,37)(H,32,34,35). The number of carbonyl (C=O) groups is 2. The van der Waals surface area contributed by atoms with E-state index in [0.717, 1.165) is 42.1 Å². The quantitative estimate of drug-likeness (QED) is 0.181. The van der Waals surface area contributed by atoms with Gasteiger partial charge in [-0.15, -0.1) is 0 Å². The summed E-state index contributed by atoms with van der Waals surface area (Å²) >= 11 is 6.47. The van der Waals surface area contributed by atoms with E-state index in [9.17, 15) is 9.59 Å². The first kappa shape index (κ1) is 24.7. The molecule has 0 unspecified atom stereocenters. The van der Waals surface area contributed by atoms with Gasteiger partial charge in [0.15, 0.2) is 5.78 Å². The number of Topliss-reactive ketones (excluding diaryl/α,β-unsaturated/α-hetero) is 1. The van der Waals surface area contributed by atoms with E-state index in [0.29, 0.717) is 40.3 Å². The maximum absolute atomic E-state index is 12.9. The third-order valence-corrected chi connectivity index (χ3v) is 7.16. The average molecular weight is 514 g/mol. The molecule has 2 heterocycles. The molecule has 0 atom stereocenters. The van der Waals surface area contributed by atoms with Crippen LogP contribution in [0.5, 0.6) is 0 Å². The molecule has 2 aromatic carbocycles. The molecule has 7 nitrogen and oxygen atoms in total. The maximum atomic E-state index is 12.9. The molecule has 1 aliphatic carbocycles. The number of hydrogen-bond acceptors (Lipinski definition) is 5. The highest BCUT2D eigenvalue weighted by Crippen LogP contribution is 2.33. The van der Waals surface area contributed by atoms with Crippen LogP contribution in [-0.2, 0) is 4.79 Å². The first-order valence-corrected chi connectivity index (χ1v) is 12.8. The molecule has 3 N–H and O–H groups in total. The summed E-state index contributed by atoms with van der Waals surface area (Å²) in [5, 5.41) is 7.74. The lowest BCUT2D eigenvalue weighted by Crippen LogP contribution is -2.28. The highest BCUT2D eigenvalue weighted by Gasteiger charge is 2.24. The predicted molar refractivity (Wildman–Crippen MR) is 148 cm³/mol. The van der Waals surface area contributed by atoms with Crippen LogP contribution in [0.1, 0.15) is 42.5 Å². The molecule has 0 aliphatic heterocycles. The number of aromatic amines is 1. The van der Waals surface area contributed by atoms with E-state index in [1.54, 1.807) is 30.5 Å². The van der Waals surface area contributed by atoms with E-state index in [-0.39, 0.29) is 17.7 Å². The van der Waals surface area contributed by atoms with Gasteiger partial charge >= 0.3 is 0 Å². The highest BCUT2D eigenvalue weighted by molar-refractivity contribution is 6.33. The van der Waals surface area contributed by atoms with Gasteiger partial charge in [0.25, 0.3) is 0 Å². The minimum absolute atomic E-state index is 0.0931. The zero-order valence-electron chi connectivity index (χ0n) is 20.3. The number of carbonyl (C=O) groups excluding carboxylic acids is 2. The molecular weight excluding hydrogens is 486 g/mol. The Morgan fingerprint density at radius 3 is 2.73 bits per heavy atom. The van der Waals surface area contributed by atoms with E-state index >= 15 is 0 Å². The van der Waals surface area contributed by atoms with E-state index in [1.165, 1.54) is 6.08 Å². The van der Waals surface area contributed by atoms with Crippen LogP contribution in [-0.4, -0.2) is 32.7 Å². The van der Waals surface area contributed by atoms with Crippen LogP contribution in [0.15, 0.2) is 73.6 Å². The second kappa shape index (κ2) is 11.0. The number of fused-ring (bicyclic) bond motifs is 1. The van der Waals surface area contributed by atoms with Crippen LogP contribution in [0.4, 0.5) is 11.6 Å². The largest absolute Gasteiger partial charge is 0.360 e. The zero-order valence-corrected chi connectivity index (χ0v) is 21.1. The molecule has 8 heteroatoms. The third-order valence-electron chi connectivity index (χ3n) is 6.88. The van der Waals surface area contributed by atoms with Gasteiger partial charge in [0.2, 0.25) is 11.9 Å². The summed E-state index contributed by atoms with van der Waals surface area (Å²) in [5.74, 6) is 0.677. The second-order valence-corrected chi connectivity index (χ2v) is 9.81. The average Bonchev–Trinajstić information content (AvgIpc) is 3.35. The SMILES string of the molecule is C=CC(=O)Nc1cccc(C(=O)CC2CCC(Nc3ncc(Cl)c(-c4c[nH]c5ccccc45)n3)CC2)c1. The van der Waals surface area contributed by atoms with Crippen molar-refractivity contribution in [2.45, 2.75) is 38.1 Å². The van der Waals surface area contributed by atoms with Gasteiger partial charge in [0.1, 0.15) is 0 Å². The minimum Gasteiger partial charge on any atom is -0.360 e. The Labute approximate surface area is 220 Å². The lowest BCUT2D eigenvalue weighted by atomic mass is 9.82. The first-order valence-electron chi connectivity index (χ1n) is 12.4. The van der Waals surface area contributed by atoms with E-state index < -0.39 is 0 Å². The molecule has 0 bridgehead atoms. The smallest absolute Gasteiger partial charge is 0.247 e. The number of aromatic nitrogens is 3. The molecule has 2 aromatic heterocycles. The molecule has 1 saturated carbocycles. The number of nitrogens with one attached hydrogen (secondary N) is 3. The molecule has 5 rings (SSSR count). The molecule has 37 heavy (non-hydrogen) atoms. The number of hydrogen-bond donors (Lipinski definition) is 3. The topological polar surface area (TPSA) is 99.8 Å². The second-order valence-electron chi connectivity index (χ2n) is 9.40. The molecule has 1 aliphatic rings. The van der Waals surface area contributed by atoms with E-state index in [2.05, 4.69) is 27.2 Å². The van der Waals surface area contributed by atoms with Crippen molar-refractivity contribution in [3.63, 3.8) is 0 Å². The van der Waals surface area contributed by atoms with Crippen LogP contribution >= 0.6 is 11.6 Å². The van der Waals surface area contributed by atoms with Crippen molar-refractivity contribution in [1.82, 2.24) is 15.0 Å². The third kappa shape index (κ3) is 5.73. The Bertz CT molecular complexity index is 1460. The minimum atomic E-state index is -0.298. The van der Waals surface area contributed by atoms with Gasteiger partial charge in [-0.1, -0.05) is 48.5 Å². The molecule has 188 valence electrons. The first-order chi connectivity index (χ1) is 18.0. The van der Waals surface area contributed by atoms with Gasteiger partial charge in [-0.05, 0) is 55.9 Å². The number of H-pyrrole nitrogens is 1. The number of para-hydroxylation sites is 1. The van der Waals surface area contributed by atoms with Crippen molar-refractivity contribution in [2.24, 2.45) is 5.92 Å². The summed E-state index contributed by atoms with van der Waals surface area (Å²) in [6, 6.07) is 15.3. The fraction of sp³-hybridized carbons (Fsp3) is 0.241. The molecule has 1 fully saturated rings. The summed E-state index contributed by atoms with van der Waals surface area (Å²) in [6.45, 7) is 3.46. The van der Waals surface area contributed by atoms with Crippen molar-refractivity contribution in [3.8, 4) is 11.3 Å². The number of amides is 1. The zero-order chi connectivity index (χ0) is 25.8. The Morgan fingerprint density at radius 1 is 1.11 bits per heavy atom. The molecule has 0 saturated heterocycles. The van der Waals surface area contributed by atoms with Crippen LogP contribution in [0, 0.1) is 5.92 Å². The van der Waals surface area contributed by atoms with Gasteiger partial charge in [0, 0.05) is 46.4 Å². The van der Waals surface area contributed by atoms with Crippen molar-refractivity contribution < 1.29 is 9.59 Å². The van der Waals surface area contributed by atoms with Crippen LogP contribution in [0.2, 0.25) is 5.02 Å². The number of benzene rings is 2. The summed E-state index contributed by atoms with van der Waals surface area (Å²) in [7, 11) is 0. The van der Waals surface area contributed by atoms with Crippen molar-refractivity contribution >= 4 is 45.8 Å². The normalized spacial score (nSPS) is 17.3. The summed E-state index contributed by atoms with van der Waals surface area (Å²) in [4.78, 5) is 36.9. The Balaban J connectivity index is 1.18. The van der Waals surface area contributed by atoms with Gasteiger partial charge in [0.05, 0.1) is 16.9 Å². The summed E-state index contributed by atoms with van der Waals surface area (Å²) in [5.41, 5.74) is 3.88. The van der Waals surface area contributed by atoms with E-state index in [4.69, 9.17) is 16.6 Å². The van der Waals surface area contributed by atoms with Crippen LogP contribution in [0.3, 0.4) is 0 Å².